The van der Waals surface area contributed by atoms with Gasteiger partial charge < -0.3 is 5.73 Å². The minimum Gasteiger partial charge on any atom is -0.398 e. The molecule has 1 aromatic carbocycles. The van der Waals surface area contributed by atoms with Crippen LogP contribution in [0.4, 0.5) is 5.69 Å². The van der Waals surface area contributed by atoms with Crippen LogP contribution >= 0.6 is 11.6 Å². The van der Waals surface area contributed by atoms with Gasteiger partial charge in [-0.25, -0.2) is 13.1 Å². The van der Waals surface area contributed by atoms with E-state index < -0.39 is 10.0 Å². The Hall–Kier alpha value is -0.780. The molecule has 4 nitrogen and oxygen atoms in total. The quantitative estimate of drug-likeness (QED) is 0.839. The van der Waals surface area contributed by atoms with Gasteiger partial charge in [0.1, 0.15) is 0 Å². The highest BCUT2D eigenvalue weighted by Crippen LogP contribution is 2.30. The summed E-state index contributed by atoms with van der Waals surface area (Å²) in [5, 5.41) is 0.336. The van der Waals surface area contributed by atoms with Crippen LogP contribution in [0.3, 0.4) is 0 Å². The van der Waals surface area contributed by atoms with Crippen molar-refractivity contribution in [3.05, 3.63) is 22.7 Å². The van der Waals surface area contributed by atoms with Crippen LogP contribution in [0, 0.1) is 18.8 Å². The third-order valence-corrected chi connectivity index (χ3v) is 5.79. The lowest BCUT2D eigenvalue weighted by molar-refractivity contribution is 0.498. The molecule has 0 amide bonds. The van der Waals surface area contributed by atoms with Crippen molar-refractivity contribution in [1.29, 1.82) is 0 Å². The van der Waals surface area contributed by atoms with Crippen LogP contribution < -0.4 is 10.5 Å². The molecule has 1 aliphatic rings. The zero-order valence-electron chi connectivity index (χ0n) is 11.8. The number of anilines is 1. The van der Waals surface area contributed by atoms with E-state index in [0.717, 1.165) is 12.8 Å². The molecule has 2 rings (SSSR count). The Kier molecular flexibility index (Phi) is 4.62. The van der Waals surface area contributed by atoms with Gasteiger partial charge in [0.05, 0.1) is 4.90 Å². The minimum absolute atomic E-state index is 0.175. The van der Waals surface area contributed by atoms with Crippen molar-refractivity contribution in [1.82, 2.24) is 4.72 Å². The Bertz CT molecular complexity index is 601. The summed E-state index contributed by atoms with van der Waals surface area (Å²) < 4.78 is 27.4. The van der Waals surface area contributed by atoms with Crippen LogP contribution in [0.15, 0.2) is 17.0 Å². The second kappa shape index (κ2) is 5.92. The van der Waals surface area contributed by atoms with Gasteiger partial charge in [0, 0.05) is 17.3 Å². The molecule has 0 saturated heterocycles. The van der Waals surface area contributed by atoms with Crippen LogP contribution in [0.5, 0.6) is 0 Å². The Morgan fingerprint density at radius 3 is 2.70 bits per heavy atom. The van der Waals surface area contributed by atoms with E-state index in [2.05, 4.69) is 11.6 Å². The van der Waals surface area contributed by atoms with E-state index in [4.69, 9.17) is 17.3 Å². The molecule has 2 unspecified atom stereocenters. The number of benzene rings is 1. The van der Waals surface area contributed by atoms with Gasteiger partial charge >= 0.3 is 0 Å². The van der Waals surface area contributed by atoms with Gasteiger partial charge in [0.15, 0.2) is 0 Å². The van der Waals surface area contributed by atoms with E-state index in [-0.39, 0.29) is 4.90 Å². The molecular formula is C14H21ClN2O2S. The van der Waals surface area contributed by atoms with Gasteiger partial charge in [0.2, 0.25) is 10.0 Å². The second-order valence-electron chi connectivity index (χ2n) is 5.75. The maximum absolute atomic E-state index is 12.4. The third kappa shape index (κ3) is 3.45. The molecule has 3 N–H and O–H groups in total. The summed E-state index contributed by atoms with van der Waals surface area (Å²) in [5.74, 6) is 1.12. The molecule has 6 heteroatoms. The molecule has 0 heterocycles. The summed E-state index contributed by atoms with van der Waals surface area (Å²) in [5.41, 5.74) is 6.72. The lowest BCUT2D eigenvalue weighted by atomic mass is 10.1. The van der Waals surface area contributed by atoms with Crippen LogP contribution in [0.2, 0.25) is 5.02 Å². The zero-order valence-corrected chi connectivity index (χ0v) is 13.4. The SMILES string of the molecule is Cc1c(N)cc(Cl)cc1S(=O)(=O)NCC1CCC(C)C1. The van der Waals surface area contributed by atoms with Gasteiger partial charge in [-0.2, -0.15) is 0 Å². The van der Waals surface area contributed by atoms with E-state index in [1.165, 1.54) is 12.5 Å². The third-order valence-electron chi connectivity index (χ3n) is 4.02. The normalized spacial score (nSPS) is 23.1. The highest BCUT2D eigenvalue weighted by molar-refractivity contribution is 7.89. The number of nitrogen functional groups attached to an aromatic ring is 1. The Balaban J connectivity index is 2.14. The van der Waals surface area contributed by atoms with Crippen LogP contribution in [0.25, 0.3) is 0 Å². The standard InChI is InChI=1S/C14H21ClN2O2S/c1-9-3-4-11(5-9)8-17-20(18,19)14-7-12(15)6-13(16)10(14)2/h6-7,9,11,17H,3-5,8,16H2,1-2H3. The van der Waals surface area contributed by atoms with E-state index in [0.29, 0.717) is 34.7 Å². The smallest absolute Gasteiger partial charge is 0.240 e. The maximum atomic E-state index is 12.4. The summed E-state index contributed by atoms with van der Waals surface area (Å²) in [6.07, 6.45) is 3.34. The molecule has 1 aromatic rings. The van der Waals surface area contributed by atoms with Gasteiger partial charge in [0.25, 0.3) is 0 Å². The first-order chi connectivity index (χ1) is 9.29. The second-order valence-corrected chi connectivity index (χ2v) is 7.93. The molecule has 1 aliphatic carbocycles. The largest absolute Gasteiger partial charge is 0.398 e. The molecule has 0 aromatic heterocycles. The molecular weight excluding hydrogens is 296 g/mol. The monoisotopic (exact) mass is 316 g/mol. The Morgan fingerprint density at radius 2 is 2.10 bits per heavy atom. The number of sulfonamides is 1. The molecule has 112 valence electrons. The Labute approximate surface area is 125 Å². The van der Waals surface area contributed by atoms with Crippen molar-refractivity contribution < 1.29 is 8.42 Å². The predicted octanol–water partition coefficient (Wildman–Crippen LogP) is 2.95. The Morgan fingerprint density at radius 1 is 1.40 bits per heavy atom. The van der Waals surface area contributed by atoms with Crippen LogP contribution in [-0.4, -0.2) is 15.0 Å². The fourth-order valence-corrected chi connectivity index (χ4v) is 4.47. The summed E-state index contributed by atoms with van der Waals surface area (Å²) >= 11 is 5.90. The molecule has 1 saturated carbocycles. The summed E-state index contributed by atoms with van der Waals surface area (Å²) in [7, 11) is -3.56. The van der Waals surface area contributed by atoms with Gasteiger partial charge in [-0.3, -0.25) is 0 Å². The first kappa shape index (κ1) is 15.6. The van der Waals surface area contributed by atoms with Crippen LogP contribution in [0.1, 0.15) is 31.7 Å². The highest BCUT2D eigenvalue weighted by Gasteiger charge is 2.25. The predicted molar refractivity (Wildman–Crippen MR) is 82.3 cm³/mol. The summed E-state index contributed by atoms with van der Waals surface area (Å²) in [4.78, 5) is 0.175. The van der Waals surface area contributed by atoms with Crippen molar-refractivity contribution in [3.8, 4) is 0 Å². The number of rotatable bonds is 4. The number of nitrogens with one attached hydrogen (secondary N) is 1. The van der Waals surface area contributed by atoms with Gasteiger partial charge in [-0.05, 0) is 49.3 Å². The van der Waals surface area contributed by atoms with Crippen LogP contribution in [-0.2, 0) is 10.0 Å². The van der Waals surface area contributed by atoms with E-state index in [1.54, 1.807) is 13.0 Å². The van der Waals surface area contributed by atoms with E-state index in [1.807, 2.05) is 0 Å². The molecule has 0 bridgehead atoms. The number of hydrogen-bond donors (Lipinski definition) is 2. The van der Waals surface area contributed by atoms with Crippen molar-refractivity contribution in [3.63, 3.8) is 0 Å². The molecule has 0 radical (unpaired) electrons. The summed E-state index contributed by atoms with van der Waals surface area (Å²) in [6.45, 7) is 4.38. The first-order valence-corrected chi connectivity index (χ1v) is 8.71. The van der Waals surface area contributed by atoms with Crippen molar-refractivity contribution in [2.24, 2.45) is 11.8 Å². The molecule has 2 atom stereocenters. The topological polar surface area (TPSA) is 72.2 Å². The van der Waals surface area contributed by atoms with Crippen molar-refractivity contribution >= 4 is 27.3 Å². The number of nitrogens with two attached hydrogens (primary N) is 1. The fourth-order valence-electron chi connectivity index (χ4n) is 2.77. The average Bonchev–Trinajstić information content (AvgIpc) is 2.77. The fraction of sp³-hybridized carbons (Fsp3) is 0.571. The lowest BCUT2D eigenvalue weighted by Gasteiger charge is -2.14. The lowest BCUT2D eigenvalue weighted by Crippen LogP contribution is -2.29. The number of halogens is 1. The van der Waals surface area contributed by atoms with Gasteiger partial charge in [-0.15, -0.1) is 0 Å². The number of hydrogen-bond acceptors (Lipinski definition) is 3. The van der Waals surface area contributed by atoms with Crippen molar-refractivity contribution in [2.75, 3.05) is 12.3 Å². The first-order valence-electron chi connectivity index (χ1n) is 6.85. The molecule has 0 spiro atoms. The average molecular weight is 317 g/mol. The zero-order chi connectivity index (χ0) is 14.9. The summed E-state index contributed by atoms with van der Waals surface area (Å²) in [6, 6.07) is 3.02. The highest BCUT2D eigenvalue weighted by atomic mass is 35.5. The van der Waals surface area contributed by atoms with E-state index >= 15 is 0 Å². The minimum atomic E-state index is -3.56. The molecule has 20 heavy (non-hydrogen) atoms. The van der Waals surface area contributed by atoms with Crippen molar-refractivity contribution in [2.45, 2.75) is 38.0 Å². The molecule has 0 aliphatic heterocycles. The van der Waals surface area contributed by atoms with E-state index in [9.17, 15) is 8.42 Å². The van der Waals surface area contributed by atoms with Gasteiger partial charge in [-0.1, -0.05) is 24.9 Å². The maximum Gasteiger partial charge on any atom is 0.240 e. The molecule has 1 fully saturated rings.